The van der Waals surface area contributed by atoms with Gasteiger partial charge in [-0.2, -0.15) is 0 Å². The van der Waals surface area contributed by atoms with Crippen LogP contribution in [0.2, 0.25) is 0 Å². The second kappa shape index (κ2) is 8.60. The van der Waals surface area contributed by atoms with Gasteiger partial charge in [0.15, 0.2) is 5.69 Å². The molecule has 1 aliphatic rings. The molecule has 0 saturated carbocycles. The van der Waals surface area contributed by atoms with Crippen molar-refractivity contribution in [2.24, 2.45) is 0 Å². The largest absolute Gasteiger partial charge is 0.337 e. The fourth-order valence-corrected chi connectivity index (χ4v) is 3.32. The second-order valence-electron chi connectivity index (χ2n) is 6.78. The quantitative estimate of drug-likeness (QED) is 0.650. The fraction of sp³-hybridized carbons (Fsp3) is 0.350. The Balaban J connectivity index is 1.27. The molecule has 3 aromatic rings. The number of aromatic nitrogens is 5. The predicted octanol–water partition coefficient (Wildman–Crippen LogP) is 1.66. The van der Waals surface area contributed by atoms with Gasteiger partial charge in [-0.3, -0.25) is 9.48 Å². The maximum Gasteiger partial charge on any atom is 0.276 e. The van der Waals surface area contributed by atoms with Crippen molar-refractivity contribution >= 4 is 11.9 Å². The number of piperazine rings is 1. The number of rotatable bonds is 6. The summed E-state index contributed by atoms with van der Waals surface area (Å²) in [5.74, 6) is 0.641. The third-order valence-electron chi connectivity index (χ3n) is 4.86. The molecule has 1 fully saturated rings. The van der Waals surface area contributed by atoms with Gasteiger partial charge in [0.05, 0.1) is 6.20 Å². The summed E-state index contributed by atoms with van der Waals surface area (Å²) in [5, 5.41) is 8.19. The van der Waals surface area contributed by atoms with E-state index in [0.717, 1.165) is 19.4 Å². The van der Waals surface area contributed by atoms with Gasteiger partial charge in [-0.05, 0) is 24.5 Å². The Hall–Kier alpha value is -3.29. The first-order chi connectivity index (χ1) is 13.8. The van der Waals surface area contributed by atoms with Gasteiger partial charge in [0, 0.05) is 45.1 Å². The maximum atomic E-state index is 12.7. The smallest absolute Gasteiger partial charge is 0.276 e. The van der Waals surface area contributed by atoms with Crippen LogP contribution in [0.5, 0.6) is 0 Å². The summed E-state index contributed by atoms with van der Waals surface area (Å²) in [4.78, 5) is 25.2. The molecule has 0 aliphatic carbocycles. The molecule has 1 aromatic carbocycles. The molecular formula is C20H23N7O. The van der Waals surface area contributed by atoms with Crippen molar-refractivity contribution in [2.75, 3.05) is 31.1 Å². The van der Waals surface area contributed by atoms with Crippen molar-refractivity contribution in [2.45, 2.75) is 19.4 Å². The number of benzene rings is 1. The minimum absolute atomic E-state index is 0.0667. The first-order valence-electron chi connectivity index (χ1n) is 9.55. The zero-order valence-electron chi connectivity index (χ0n) is 15.7. The van der Waals surface area contributed by atoms with Crippen LogP contribution in [0.1, 0.15) is 22.5 Å². The van der Waals surface area contributed by atoms with E-state index < -0.39 is 0 Å². The van der Waals surface area contributed by atoms with E-state index in [1.165, 1.54) is 5.56 Å². The molecule has 0 spiro atoms. The van der Waals surface area contributed by atoms with Crippen molar-refractivity contribution in [3.63, 3.8) is 0 Å². The highest BCUT2D eigenvalue weighted by molar-refractivity contribution is 5.92. The van der Waals surface area contributed by atoms with Crippen molar-refractivity contribution in [3.05, 3.63) is 66.2 Å². The van der Waals surface area contributed by atoms with Gasteiger partial charge in [0.25, 0.3) is 5.91 Å². The number of hydrogen-bond donors (Lipinski definition) is 0. The molecular weight excluding hydrogens is 354 g/mol. The van der Waals surface area contributed by atoms with E-state index in [4.69, 9.17) is 0 Å². The average Bonchev–Trinajstić information content (AvgIpc) is 3.24. The minimum Gasteiger partial charge on any atom is -0.337 e. The molecule has 0 atom stereocenters. The molecule has 0 radical (unpaired) electrons. The van der Waals surface area contributed by atoms with Crippen LogP contribution in [-0.2, 0) is 13.0 Å². The molecule has 1 amide bonds. The molecule has 8 heteroatoms. The standard InChI is InChI=1S/C20H23N7O/c28-19(25-12-14-26(15-13-25)20-21-9-5-10-22-20)18-16-27(24-23-18)11-4-8-17-6-2-1-3-7-17/h1-3,5-7,9-10,16H,4,8,11-15H2. The fourth-order valence-electron chi connectivity index (χ4n) is 3.32. The van der Waals surface area contributed by atoms with Crippen LogP contribution >= 0.6 is 0 Å². The Morgan fingerprint density at radius 3 is 2.46 bits per heavy atom. The molecule has 28 heavy (non-hydrogen) atoms. The number of carbonyl (C=O) groups is 1. The van der Waals surface area contributed by atoms with Crippen molar-refractivity contribution in [1.82, 2.24) is 29.9 Å². The van der Waals surface area contributed by atoms with Crippen LogP contribution < -0.4 is 4.90 Å². The molecule has 144 valence electrons. The lowest BCUT2D eigenvalue weighted by atomic mass is 10.1. The van der Waals surface area contributed by atoms with E-state index in [9.17, 15) is 4.79 Å². The summed E-state index contributed by atoms with van der Waals surface area (Å²) in [5.41, 5.74) is 1.71. The van der Waals surface area contributed by atoms with Crippen LogP contribution in [0.4, 0.5) is 5.95 Å². The monoisotopic (exact) mass is 377 g/mol. The van der Waals surface area contributed by atoms with E-state index in [1.54, 1.807) is 29.3 Å². The maximum absolute atomic E-state index is 12.7. The molecule has 4 rings (SSSR count). The zero-order chi connectivity index (χ0) is 19.2. The molecule has 3 heterocycles. The normalized spacial score (nSPS) is 14.3. The predicted molar refractivity (Wildman–Crippen MR) is 105 cm³/mol. The van der Waals surface area contributed by atoms with Gasteiger partial charge in [-0.25, -0.2) is 9.97 Å². The summed E-state index contributed by atoms with van der Waals surface area (Å²) >= 11 is 0. The lowest BCUT2D eigenvalue weighted by molar-refractivity contribution is 0.0740. The first kappa shape index (κ1) is 18.1. The molecule has 2 aromatic heterocycles. The van der Waals surface area contributed by atoms with Crippen LogP contribution in [0, 0.1) is 0 Å². The summed E-state index contributed by atoms with van der Waals surface area (Å²) in [6.07, 6.45) is 7.15. The molecule has 0 N–H and O–H groups in total. The topological polar surface area (TPSA) is 80.0 Å². The number of hydrogen-bond acceptors (Lipinski definition) is 6. The van der Waals surface area contributed by atoms with Crippen molar-refractivity contribution in [1.29, 1.82) is 0 Å². The Kier molecular flexibility index (Phi) is 5.56. The van der Waals surface area contributed by atoms with Crippen LogP contribution in [0.15, 0.2) is 55.0 Å². The highest BCUT2D eigenvalue weighted by atomic mass is 16.2. The van der Waals surface area contributed by atoms with Gasteiger partial charge in [0.2, 0.25) is 5.95 Å². The van der Waals surface area contributed by atoms with Gasteiger partial charge in [-0.15, -0.1) is 5.10 Å². The highest BCUT2D eigenvalue weighted by Crippen LogP contribution is 2.12. The lowest BCUT2D eigenvalue weighted by Crippen LogP contribution is -2.49. The van der Waals surface area contributed by atoms with Gasteiger partial charge >= 0.3 is 0 Å². The van der Waals surface area contributed by atoms with Crippen LogP contribution in [0.25, 0.3) is 0 Å². The number of carbonyl (C=O) groups excluding carboxylic acids is 1. The summed E-state index contributed by atoms with van der Waals surface area (Å²) < 4.78 is 1.75. The van der Waals surface area contributed by atoms with Crippen molar-refractivity contribution in [3.8, 4) is 0 Å². The highest BCUT2D eigenvalue weighted by Gasteiger charge is 2.25. The average molecular weight is 377 g/mol. The van der Waals surface area contributed by atoms with Gasteiger partial charge in [-0.1, -0.05) is 35.5 Å². The SMILES string of the molecule is O=C(c1cn(CCCc2ccccc2)nn1)N1CCN(c2ncccn2)CC1. The third kappa shape index (κ3) is 4.33. The van der Waals surface area contributed by atoms with E-state index in [-0.39, 0.29) is 5.91 Å². The zero-order valence-corrected chi connectivity index (χ0v) is 15.7. The van der Waals surface area contributed by atoms with E-state index in [2.05, 4.69) is 37.3 Å². The summed E-state index contributed by atoms with van der Waals surface area (Å²) in [7, 11) is 0. The number of aryl methyl sites for hydroxylation is 2. The molecule has 0 unspecified atom stereocenters. The molecule has 8 nitrogen and oxygen atoms in total. The third-order valence-corrected chi connectivity index (χ3v) is 4.86. The summed E-state index contributed by atoms with van der Waals surface area (Å²) in [6.45, 7) is 3.41. The van der Waals surface area contributed by atoms with E-state index in [0.29, 0.717) is 37.8 Å². The first-order valence-corrected chi connectivity index (χ1v) is 9.55. The lowest BCUT2D eigenvalue weighted by Gasteiger charge is -2.34. The number of amides is 1. The Morgan fingerprint density at radius 1 is 0.964 bits per heavy atom. The molecule has 1 saturated heterocycles. The van der Waals surface area contributed by atoms with Crippen LogP contribution in [0.3, 0.4) is 0 Å². The van der Waals surface area contributed by atoms with E-state index in [1.807, 2.05) is 23.1 Å². The molecule has 0 bridgehead atoms. The summed E-state index contributed by atoms with van der Waals surface area (Å²) in [6, 6.07) is 12.2. The molecule has 1 aliphatic heterocycles. The van der Waals surface area contributed by atoms with Crippen molar-refractivity contribution < 1.29 is 4.79 Å². The minimum atomic E-state index is -0.0667. The Labute approximate surface area is 163 Å². The van der Waals surface area contributed by atoms with Gasteiger partial charge in [0.1, 0.15) is 0 Å². The van der Waals surface area contributed by atoms with E-state index >= 15 is 0 Å². The number of anilines is 1. The van der Waals surface area contributed by atoms with Crippen LogP contribution in [-0.4, -0.2) is 61.9 Å². The Morgan fingerprint density at radius 2 is 1.71 bits per heavy atom. The second-order valence-corrected chi connectivity index (χ2v) is 6.78. The van der Waals surface area contributed by atoms with Gasteiger partial charge < -0.3 is 9.80 Å². The number of nitrogens with zero attached hydrogens (tertiary/aromatic N) is 7. The Bertz CT molecular complexity index is 889.